The topological polar surface area (TPSA) is 65.7 Å². The molecule has 0 radical (unpaired) electrons. The van der Waals surface area contributed by atoms with Crippen molar-refractivity contribution in [1.82, 2.24) is 20.5 Å². The molecule has 2 heterocycles. The number of aliphatic imine (C=N–C) groups is 1. The number of benzene rings is 1. The first-order valence-corrected chi connectivity index (χ1v) is 9.89. The number of likely N-dealkylation sites (tertiary alicyclic amines) is 1. The Bertz CT molecular complexity index is 807. The summed E-state index contributed by atoms with van der Waals surface area (Å²) in [5.41, 5.74) is 3.48. The monoisotopic (exact) mass is 509 g/mol. The zero-order valence-corrected chi connectivity index (χ0v) is 19.9. The first-order chi connectivity index (χ1) is 13.5. The van der Waals surface area contributed by atoms with Crippen molar-refractivity contribution in [1.29, 1.82) is 0 Å². The Morgan fingerprint density at radius 3 is 2.59 bits per heavy atom. The van der Waals surface area contributed by atoms with E-state index in [0.717, 1.165) is 49.8 Å². The SMILES string of the molecule is C=C(C)CN1CCC(NC(=NC)NCc2ncc(-c3ccc(C)cc3)o2)CC1.I. The molecule has 1 saturated heterocycles. The van der Waals surface area contributed by atoms with Crippen LogP contribution in [0.3, 0.4) is 0 Å². The number of hydrogen-bond donors (Lipinski definition) is 2. The number of nitrogens with one attached hydrogen (secondary N) is 2. The quantitative estimate of drug-likeness (QED) is 0.267. The van der Waals surface area contributed by atoms with Gasteiger partial charge in [-0.05, 0) is 26.7 Å². The van der Waals surface area contributed by atoms with Crippen molar-refractivity contribution < 1.29 is 4.42 Å². The molecule has 0 spiro atoms. The third-order valence-electron chi connectivity index (χ3n) is 4.94. The van der Waals surface area contributed by atoms with Crippen LogP contribution in [0.15, 0.2) is 52.0 Å². The summed E-state index contributed by atoms with van der Waals surface area (Å²) in [6, 6.07) is 8.67. The smallest absolute Gasteiger partial charge is 0.214 e. The second-order valence-corrected chi connectivity index (χ2v) is 7.56. The highest BCUT2D eigenvalue weighted by molar-refractivity contribution is 14.0. The Hall–Kier alpha value is -1.87. The van der Waals surface area contributed by atoms with E-state index in [4.69, 9.17) is 4.42 Å². The summed E-state index contributed by atoms with van der Waals surface area (Å²) < 4.78 is 5.87. The summed E-state index contributed by atoms with van der Waals surface area (Å²) in [5.74, 6) is 2.22. The van der Waals surface area contributed by atoms with Gasteiger partial charge in [0, 0.05) is 38.3 Å². The summed E-state index contributed by atoms with van der Waals surface area (Å²) in [4.78, 5) is 11.2. The number of aromatic nitrogens is 1. The highest BCUT2D eigenvalue weighted by Crippen LogP contribution is 2.20. The van der Waals surface area contributed by atoms with Crippen molar-refractivity contribution in [3.63, 3.8) is 0 Å². The molecular formula is C22H32IN5O. The van der Waals surface area contributed by atoms with Crippen molar-refractivity contribution in [2.45, 2.75) is 39.3 Å². The Morgan fingerprint density at radius 1 is 1.28 bits per heavy atom. The van der Waals surface area contributed by atoms with Gasteiger partial charge in [0.05, 0.1) is 12.7 Å². The molecular weight excluding hydrogens is 477 g/mol. The molecule has 29 heavy (non-hydrogen) atoms. The van der Waals surface area contributed by atoms with Crippen LogP contribution >= 0.6 is 24.0 Å². The highest BCUT2D eigenvalue weighted by atomic mass is 127. The third kappa shape index (κ3) is 7.15. The molecule has 6 nitrogen and oxygen atoms in total. The van der Waals surface area contributed by atoms with Crippen molar-refractivity contribution in [3.8, 4) is 11.3 Å². The molecule has 1 aromatic carbocycles. The number of guanidine groups is 1. The number of halogens is 1. The van der Waals surface area contributed by atoms with E-state index in [9.17, 15) is 0 Å². The maximum Gasteiger partial charge on any atom is 0.214 e. The molecule has 3 rings (SSSR count). The van der Waals surface area contributed by atoms with E-state index in [-0.39, 0.29) is 24.0 Å². The van der Waals surface area contributed by atoms with Crippen molar-refractivity contribution in [2.24, 2.45) is 4.99 Å². The minimum absolute atomic E-state index is 0. The van der Waals surface area contributed by atoms with Crippen molar-refractivity contribution in [3.05, 3.63) is 54.1 Å². The molecule has 0 saturated carbocycles. The first kappa shape index (κ1) is 23.4. The fourth-order valence-corrected chi connectivity index (χ4v) is 3.41. The van der Waals surface area contributed by atoms with Crippen LogP contribution in [0.1, 0.15) is 31.2 Å². The Kier molecular flexibility index (Phi) is 9.16. The maximum absolute atomic E-state index is 5.87. The molecule has 0 bridgehead atoms. The molecule has 1 aliphatic rings. The average molecular weight is 509 g/mol. The van der Waals surface area contributed by atoms with Gasteiger partial charge in [0.2, 0.25) is 5.89 Å². The van der Waals surface area contributed by atoms with Gasteiger partial charge in [-0.15, -0.1) is 24.0 Å². The van der Waals surface area contributed by atoms with E-state index in [0.29, 0.717) is 18.5 Å². The normalized spacial score (nSPS) is 15.6. The molecule has 0 amide bonds. The van der Waals surface area contributed by atoms with Gasteiger partial charge in [-0.2, -0.15) is 0 Å². The largest absolute Gasteiger partial charge is 0.439 e. The van der Waals surface area contributed by atoms with Gasteiger partial charge in [-0.3, -0.25) is 9.89 Å². The van der Waals surface area contributed by atoms with Crippen LogP contribution in [0.2, 0.25) is 0 Å². The number of piperidine rings is 1. The number of oxazole rings is 1. The van der Waals surface area contributed by atoms with Gasteiger partial charge in [0.15, 0.2) is 11.7 Å². The highest BCUT2D eigenvalue weighted by Gasteiger charge is 2.20. The molecule has 1 aliphatic heterocycles. The molecule has 1 fully saturated rings. The van der Waals surface area contributed by atoms with Crippen LogP contribution in [-0.2, 0) is 6.54 Å². The lowest BCUT2D eigenvalue weighted by Gasteiger charge is -2.33. The van der Waals surface area contributed by atoms with Crippen LogP contribution in [0, 0.1) is 6.92 Å². The molecule has 158 valence electrons. The molecule has 7 heteroatoms. The van der Waals surface area contributed by atoms with E-state index < -0.39 is 0 Å². The Labute approximate surface area is 190 Å². The number of nitrogens with zero attached hydrogens (tertiary/aromatic N) is 3. The van der Waals surface area contributed by atoms with Gasteiger partial charge >= 0.3 is 0 Å². The van der Waals surface area contributed by atoms with E-state index in [1.165, 1.54) is 11.1 Å². The predicted molar refractivity (Wildman–Crippen MR) is 130 cm³/mol. The predicted octanol–water partition coefficient (Wildman–Crippen LogP) is 3.97. The van der Waals surface area contributed by atoms with Crippen LogP contribution in [0.25, 0.3) is 11.3 Å². The van der Waals surface area contributed by atoms with Crippen LogP contribution in [0.5, 0.6) is 0 Å². The molecule has 1 aromatic heterocycles. The summed E-state index contributed by atoms with van der Waals surface area (Å²) in [7, 11) is 1.79. The Balaban J connectivity index is 0.00000300. The molecule has 0 atom stereocenters. The standard InChI is InChI=1S/C22H31N5O.HI/c1-16(2)15-27-11-9-19(10-12-27)26-22(23-4)25-14-21-24-13-20(28-21)18-7-5-17(3)6-8-18;/h5-8,13,19H,1,9-12,14-15H2,2-4H3,(H2,23,25,26);1H. The van der Waals surface area contributed by atoms with Gasteiger partial charge in [-0.25, -0.2) is 4.98 Å². The van der Waals surface area contributed by atoms with Gasteiger partial charge < -0.3 is 15.1 Å². The molecule has 0 unspecified atom stereocenters. The number of rotatable bonds is 6. The fourth-order valence-electron chi connectivity index (χ4n) is 3.41. The van der Waals surface area contributed by atoms with Crippen molar-refractivity contribution in [2.75, 3.05) is 26.7 Å². The summed E-state index contributed by atoms with van der Waals surface area (Å²) in [6.45, 7) is 11.8. The fraction of sp³-hybridized carbons (Fsp3) is 0.455. The van der Waals surface area contributed by atoms with Crippen LogP contribution in [-0.4, -0.2) is 48.6 Å². The summed E-state index contributed by atoms with van der Waals surface area (Å²) >= 11 is 0. The van der Waals surface area contributed by atoms with E-state index in [1.807, 2.05) is 12.1 Å². The number of hydrogen-bond acceptors (Lipinski definition) is 4. The minimum atomic E-state index is 0. The van der Waals surface area contributed by atoms with E-state index >= 15 is 0 Å². The molecule has 2 N–H and O–H groups in total. The number of aryl methyl sites for hydroxylation is 1. The lowest BCUT2D eigenvalue weighted by molar-refractivity contribution is 0.221. The van der Waals surface area contributed by atoms with Gasteiger partial charge in [0.25, 0.3) is 0 Å². The second kappa shape index (κ2) is 11.3. The zero-order chi connectivity index (χ0) is 19.9. The summed E-state index contributed by atoms with van der Waals surface area (Å²) in [6.07, 6.45) is 3.98. The van der Waals surface area contributed by atoms with E-state index in [1.54, 1.807) is 13.2 Å². The summed E-state index contributed by atoms with van der Waals surface area (Å²) in [5, 5.41) is 6.82. The zero-order valence-electron chi connectivity index (χ0n) is 17.6. The lowest BCUT2D eigenvalue weighted by Crippen LogP contribution is -2.48. The van der Waals surface area contributed by atoms with Crippen LogP contribution < -0.4 is 10.6 Å². The maximum atomic E-state index is 5.87. The molecule has 2 aromatic rings. The average Bonchev–Trinajstić information content (AvgIpc) is 3.15. The van der Waals surface area contributed by atoms with Gasteiger partial charge in [-0.1, -0.05) is 42.0 Å². The third-order valence-corrected chi connectivity index (χ3v) is 4.94. The minimum Gasteiger partial charge on any atom is -0.439 e. The van der Waals surface area contributed by atoms with Crippen molar-refractivity contribution >= 4 is 29.9 Å². The van der Waals surface area contributed by atoms with Crippen LogP contribution in [0.4, 0.5) is 0 Å². The van der Waals surface area contributed by atoms with E-state index in [2.05, 4.69) is 58.1 Å². The second-order valence-electron chi connectivity index (χ2n) is 7.56. The first-order valence-electron chi connectivity index (χ1n) is 9.89. The Morgan fingerprint density at radius 2 is 1.97 bits per heavy atom. The van der Waals surface area contributed by atoms with Gasteiger partial charge in [0.1, 0.15) is 0 Å². The lowest BCUT2D eigenvalue weighted by atomic mass is 10.0. The molecule has 0 aliphatic carbocycles.